The highest BCUT2D eigenvalue weighted by Crippen LogP contribution is 2.26. The van der Waals surface area contributed by atoms with Crippen molar-refractivity contribution >= 4 is 11.6 Å². The van der Waals surface area contributed by atoms with E-state index in [1.807, 2.05) is 25.1 Å². The summed E-state index contributed by atoms with van der Waals surface area (Å²) in [4.78, 5) is 12.2. The molecule has 20 heavy (non-hydrogen) atoms. The maximum atomic E-state index is 12.2. The number of rotatable bonds is 4. The molecule has 1 saturated heterocycles. The van der Waals surface area contributed by atoms with Crippen molar-refractivity contribution in [1.82, 2.24) is 5.32 Å². The van der Waals surface area contributed by atoms with Crippen LogP contribution in [0.4, 0.5) is 5.69 Å². The molecule has 1 fully saturated rings. The summed E-state index contributed by atoms with van der Waals surface area (Å²) in [6.45, 7) is 5.22. The highest BCUT2D eigenvalue weighted by Gasteiger charge is 2.23. The third kappa shape index (κ3) is 3.73. The molecule has 0 aliphatic carbocycles. The highest BCUT2D eigenvalue weighted by molar-refractivity contribution is 5.92. The van der Waals surface area contributed by atoms with E-state index in [2.05, 4.69) is 17.6 Å². The average Bonchev–Trinajstić information content (AvgIpc) is 2.41. The fourth-order valence-electron chi connectivity index (χ4n) is 2.71. The molecule has 0 bridgehead atoms. The Kier molecular flexibility index (Phi) is 5.01. The molecule has 2 unspecified atom stereocenters. The first kappa shape index (κ1) is 14.9. The highest BCUT2D eigenvalue weighted by atomic mass is 16.5. The Balaban J connectivity index is 1.99. The van der Waals surface area contributed by atoms with Crippen molar-refractivity contribution < 1.29 is 9.53 Å². The molecular weight excluding hydrogens is 252 g/mol. The fraction of sp³-hybridized carbons (Fsp3) is 0.562. The van der Waals surface area contributed by atoms with Gasteiger partial charge in [-0.25, -0.2) is 0 Å². The molecule has 1 aliphatic rings. The Hall–Kier alpha value is -1.55. The van der Waals surface area contributed by atoms with E-state index < -0.39 is 0 Å². The van der Waals surface area contributed by atoms with Crippen LogP contribution in [0.2, 0.25) is 0 Å². The molecule has 0 saturated carbocycles. The number of hydrogen-bond acceptors (Lipinski definition) is 3. The van der Waals surface area contributed by atoms with Gasteiger partial charge in [0.1, 0.15) is 5.75 Å². The van der Waals surface area contributed by atoms with Gasteiger partial charge < -0.3 is 15.4 Å². The second kappa shape index (κ2) is 6.75. The number of aryl methyl sites for hydroxylation is 1. The van der Waals surface area contributed by atoms with Crippen LogP contribution in [0.1, 0.15) is 31.7 Å². The molecule has 2 rings (SSSR count). The van der Waals surface area contributed by atoms with E-state index in [4.69, 9.17) is 4.74 Å². The molecule has 110 valence electrons. The van der Waals surface area contributed by atoms with Gasteiger partial charge in [-0.3, -0.25) is 4.79 Å². The second-order valence-corrected chi connectivity index (χ2v) is 5.64. The van der Waals surface area contributed by atoms with Crippen LogP contribution in [0, 0.1) is 12.8 Å². The smallest absolute Gasteiger partial charge is 0.226 e. The number of carbonyl (C=O) groups excluding carboxylic acids is 1. The SMILES string of the molecule is COc1ccc(C)cc1NC(=O)CC1NCCCC1C. The van der Waals surface area contributed by atoms with Gasteiger partial charge in [-0.05, 0) is 49.9 Å². The largest absolute Gasteiger partial charge is 0.495 e. The number of benzene rings is 1. The van der Waals surface area contributed by atoms with E-state index in [9.17, 15) is 4.79 Å². The topological polar surface area (TPSA) is 50.4 Å². The molecular formula is C16H24N2O2. The zero-order valence-corrected chi connectivity index (χ0v) is 12.5. The zero-order valence-electron chi connectivity index (χ0n) is 12.5. The number of nitrogens with one attached hydrogen (secondary N) is 2. The summed E-state index contributed by atoms with van der Waals surface area (Å²) >= 11 is 0. The lowest BCUT2D eigenvalue weighted by molar-refractivity contribution is -0.117. The summed E-state index contributed by atoms with van der Waals surface area (Å²) in [7, 11) is 1.62. The third-order valence-corrected chi connectivity index (χ3v) is 3.96. The van der Waals surface area contributed by atoms with E-state index in [-0.39, 0.29) is 11.9 Å². The number of ether oxygens (including phenoxy) is 1. The van der Waals surface area contributed by atoms with Gasteiger partial charge in [0.05, 0.1) is 12.8 Å². The molecule has 1 heterocycles. The van der Waals surface area contributed by atoms with E-state index >= 15 is 0 Å². The van der Waals surface area contributed by atoms with Gasteiger partial charge in [-0.15, -0.1) is 0 Å². The van der Waals surface area contributed by atoms with Crippen LogP contribution in [0.15, 0.2) is 18.2 Å². The quantitative estimate of drug-likeness (QED) is 0.889. The van der Waals surface area contributed by atoms with Crippen LogP contribution in [-0.2, 0) is 4.79 Å². The summed E-state index contributed by atoms with van der Waals surface area (Å²) in [6, 6.07) is 6.07. The van der Waals surface area contributed by atoms with Gasteiger partial charge in [0.2, 0.25) is 5.91 Å². The minimum Gasteiger partial charge on any atom is -0.495 e. The summed E-state index contributed by atoms with van der Waals surface area (Å²) in [5.74, 6) is 1.29. The third-order valence-electron chi connectivity index (χ3n) is 3.96. The Morgan fingerprint density at radius 3 is 3.00 bits per heavy atom. The molecule has 2 N–H and O–H groups in total. The Bertz CT molecular complexity index is 474. The number of amides is 1. The molecule has 1 amide bonds. The van der Waals surface area contributed by atoms with Gasteiger partial charge in [0.25, 0.3) is 0 Å². The predicted octanol–water partition coefficient (Wildman–Crippen LogP) is 2.72. The monoisotopic (exact) mass is 276 g/mol. The Labute approximate surface area is 120 Å². The molecule has 0 spiro atoms. The van der Waals surface area contributed by atoms with Crippen molar-refractivity contribution in [2.45, 2.75) is 39.2 Å². The zero-order chi connectivity index (χ0) is 14.5. The molecule has 1 aliphatic heterocycles. The van der Waals surface area contributed by atoms with Gasteiger partial charge >= 0.3 is 0 Å². The van der Waals surface area contributed by atoms with Gasteiger partial charge in [0.15, 0.2) is 0 Å². The van der Waals surface area contributed by atoms with E-state index in [0.29, 0.717) is 18.1 Å². The lowest BCUT2D eigenvalue weighted by atomic mass is 9.90. The molecule has 2 atom stereocenters. The normalized spacial score (nSPS) is 22.4. The lowest BCUT2D eigenvalue weighted by Gasteiger charge is -2.29. The van der Waals surface area contributed by atoms with Crippen molar-refractivity contribution in [1.29, 1.82) is 0 Å². The maximum Gasteiger partial charge on any atom is 0.226 e. The summed E-state index contributed by atoms with van der Waals surface area (Å²) in [5, 5.41) is 6.40. The standard InChI is InChI=1S/C16H24N2O2/c1-11-6-7-15(20-3)14(9-11)18-16(19)10-13-12(2)5-4-8-17-13/h6-7,9,12-13,17H,4-5,8,10H2,1-3H3,(H,18,19). The van der Waals surface area contributed by atoms with E-state index in [1.54, 1.807) is 7.11 Å². The maximum absolute atomic E-state index is 12.2. The molecule has 1 aromatic carbocycles. The molecule has 0 radical (unpaired) electrons. The first-order valence-electron chi connectivity index (χ1n) is 7.28. The van der Waals surface area contributed by atoms with Crippen molar-refractivity contribution in [3.05, 3.63) is 23.8 Å². The Morgan fingerprint density at radius 2 is 2.30 bits per heavy atom. The summed E-state index contributed by atoms with van der Waals surface area (Å²) in [6.07, 6.45) is 2.90. The number of hydrogen-bond donors (Lipinski definition) is 2. The van der Waals surface area contributed by atoms with E-state index in [1.165, 1.54) is 12.8 Å². The number of carbonyl (C=O) groups is 1. The molecule has 0 aromatic heterocycles. The Morgan fingerprint density at radius 1 is 1.50 bits per heavy atom. The second-order valence-electron chi connectivity index (χ2n) is 5.64. The number of piperidine rings is 1. The number of methoxy groups -OCH3 is 1. The van der Waals surface area contributed by atoms with Crippen molar-refractivity contribution in [2.24, 2.45) is 5.92 Å². The van der Waals surface area contributed by atoms with Crippen LogP contribution in [0.3, 0.4) is 0 Å². The van der Waals surface area contributed by atoms with Crippen LogP contribution < -0.4 is 15.4 Å². The molecule has 1 aromatic rings. The fourth-order valence-corrected chi connectivity index (χ4v) is 2.71. The average molecular weight is 276 g/mol. The van der Waals surface area contributed by atoms with Crippen molar-refractivity contribution in [2.75, 3.05) is 19.0 Å². The molecule has 4 heteroatoms. The summed E-state index contributed by atoms with van der Waals surface area (Å²) in [5.41, 5.74) is 1.85. The van der Waals surface area contributed by atoms with Crippen molar-refractivity contribution in [3.63, 3.8) is 0 Å². The lowest BCUT2D eigenvalue weighted by Crippen LogP contribution is -2.42. The van der Waals surface area contributed by atoms with Crippen LogP contribution >= 0.6 is 0 Å². The minimum atomic E-state index is 0.0418. The molecule has 4 nitrogen and oxygen atoms in total. The predicted molar refractivity (Wildman–Crippen MR) is 81.2 cm³/mol. The minimum absolute atomic E-state index is 0.0418. The van der Waals surface area contributed by atoms with Gasteiger partial charge in [-0.1, -0.05) is 13.0 Å². The van der Waals surface area contributed by atoms with Crippen LogP contribution in [0.25, 0.3) is 0 Å². The van der Waals surface area contributed by atoms with Crippen molar-refractivity contribution in [3.8, 4) is 5.75 Å². The first-order valence-corrected chi connectivity index (χ1v) is 7.28. The summed E-state index contributed by atoms with van der Waals surface area (Å²) < 4.78 is 5.28. The van der Waals surface area contributed by atoms with Crippen LogP contribution in [0.5, 0.6) is 5.75 Å². The van der Waals surface area contributed by atoms with Gasteiger partial charge in [0, 0.05) is 12.5 Å². The van der Waals surface area contributed by atoms with Gasteiger partial charge in [-0.2, -0.15) is 0 Å². The number of anilines is 1. The van der Waals surface area contributed by atoms with E-state index in [0.717, 1.165) is 17.8 Å². The van der Waals surface area contributed by atoms with Crippen LogP contribution in [-0.4, -0.2) is 25.6 Å². The first-order chi connectivity index (χ1) is 9.60.